The van der Waals surface area contributed by atoms with Crippen molar-refractivity contribution in [3.63, 3.8) is 0 Å². The monoisotopic (exact) mass is 329 g/mol. The molecule has 0 saturated heterocycles. The van der Waals surface area contributed by atoms with Crippen LogP contribution >= 0.6 is 11.3 Å². The highest BCUT2D eigenvalue weighted by atomic mass is 32.2. The van der Waals surface area contributed by atoms with E-state index in [1.807, 2.05) is 19.1 Å². The van der Waals surface area contributed by atoms with Gasteiger partial charge in [-0.3, -0.25) is 4.68 Å². The van der Waals surface area contributed by atoms with Gasteiger partial charge in [-0.2, -0.15) is 5.10 Å². The van der Waals surface area contributed by atoms with Crippen LogP contribution in [0.5, 0.6) is 0 Å². The predicted octanol–water partition coefficient (Wildman–Crippen LogP) is 1.34. The van der Waals surface area contributed by atoms with Gasteiger partial charge in [0.1, 0.15) is 4.90 Å². The zero-order valence-corrected chi connectivity index (χ0v) is 13.9. The average Bonchev–Trinajstić information content (AvgIpc) is 2.93. The Balaban J connectivity index is 2.23. The SMILES string of the molecule is Cc1ccc(CNS(=O)(=O)c2c(C)nn(CCO)c2C)s1. The second kappa shape index (κ2) is 6.27. The third-order valence-corrected chi connectivity index (χ3v) is 5.78. The lowest BCUT2D eigenvalue weighted by Crippen LogP contribution is -2.24. The summed E-state index contributed by atoms with van der Waals surface area (Å²) in [5.74, 6) is 0. The van der Waals surface area contributed by atoms with Crippen LogP contribution in [0, 0.1) is 20.8 Å². The minimum atomic E-state index is -3.62. The third-order valence-electron chi connectivity index (χ3n) is 3.13. The molecule has 0 aliphatic rings. The number of aliphatic hydroxyl groups is 1. The van der Waals surface area contributed by atoms with E-state index in [4.69, 9.17) is 5.11 Å². The van der Waals surface area contributed by atoms with Crippen LogP contribution in [0.4, 0.5) is 0 Å². The van der Waals surface area contributed by atoms with Crippen molar-refractivity contribution in [2.24, 2.45) is 0 Å². The Bertz CT molecular complexity index is 732. The van der Waals surface area contributed by atoms with Crippen LogP contribution < -0.4 is 4.72 Å². The van der Waals surface area contributed by atoms with E-state index in [1.54, 1.807) is 25.2 Å². The molecule has 0 saturated carbocycles. The maximum atomic E-state index is 12.4. The molecule has 0 aliphatic carbocycles. The van der Waals surface area contributed by atoms with Crippen molar-refractivity contribution in [3.8, 4) is 0 Å². The molecule has 116 valence electrons. The van der Waals surface area contributed by atoms with Crippen LogP contribution in [0.25, 0.3) is 0 Å². The Morgan fingerprint density at radius 3 is 2.62 bits per heavy atom. The van der Waals surface area contributed by atoms with Crippen LogP contribution in [0.2, 0.25) is 0 Å². The summed E-state index contributed by atoms with van der Waals surface area (Å²) in [6.07, 6.45) is 0. The Morgan fingerprint density at radius 1 is 1.33 bits per heavy atom. The summed E-state index contributed by atoms with van der Waals surface area (Å²) in [7, 11) is -3.62. The van der Waals surface area contributed by atoms with E-state index in [9.17, 15) is 8.42 Å². The summed E-state index contributed by atoms with van der Waals surface area (Å²) >= 11 is 1.56. The van der Waals surface area contributed by atoms with Crippen molar-refractivity contribution in [1.82, 2.24) is 14.5 Å². The Hall–Kier alpha value is -1.22. The number of nitrogens with one attached hydrogen (secondary N) is 1. The number of hydrogen-bond donors (Lipinski definition) is 2. The fourth-order valence-corrected chi connectivity index (χ4v) is 4.54. The van der Waals surface area contributed by atoms with Crippen molar-refractivity contribution in [1.29, 1.82) is 0 Å². The lowest BCUT2D eigenvalue weighted by molar-refractivity contribution is 0.267. The Labute approximate surface area is 128 Å². The molecule has 2 N–H and O–H groups in total. The van der Waals surface area contributed by atoms with E-state index in [0.717, 1.165) is 9.75 Å². The zero-order valence-electron chi connectivity index (χ0n) is 12.3. The van der Waals surface area contributed by atoms with Gasteiger partial charge >= 0.3 is 0 Å². The minimum absolute atomic E-state index is 0.0800. The smallest absolute Gasteiger partial charge is 0.244 e. The molecule has 0 spiro atoms. The standard InChI is InChI=1S/C13H19N3O3S2/c1-9-4-5-12(20-9)8-14-21(18,19)13-10(2)15-16(6-7-17)11(13)3/h4-5,14,17H,6-8H2,1-3H3. The lowest BCUT2D eigenvalue weighted by Gasteiger charge is -2.06. The van der Waals surface area contributed by atoms with Crippen LogP contribution in [-0.2, 0) is 23.1 Å². The molecular formula is C13H19N3O3S2. The second-order valence-corrected chi connectivity index (χ2v) is 7.86. The lowest BCUT2D eigenvalue weighted by atomic mass is 10.4. The first kappa shape index (κ1) is 16.2. The van der Waals surface area contributed by atoms with Gasteiger partial charge in [-0.25, -0.2) is 13.1 Å². The van der Waals surface area contributed by atoms with Crippen molar-refractivity contribution < 1.29 is 13.5 Å². The summed E-state index contributed by atoms with van der Waals surface area (Å²) in [6.45, 7) is 5.81. The predicted molar refractivity (Wildman–Crippen MR) is 81.9 cm³/mol. The molecule has 2 aromatic rings. The molecule has 0 unspecified atom stereocenters. The van der Waals surface area contributed by atoms with Crippen LogP contribution in [-0.4, -0.2) is 29.9 Å². The quantitative estimate of drug-likeness (QED) is 0.838. The number of aliphatic hydroxyl groups excluding tert-OH is 1. The highest BCUT2D eigenvalue weighted by Gasteiger charge is 2.24. The molecule has 0 aromatic carbocycles. The number of sulfonamides is 1. The summed E-state index contributed by atoms with van der Waals surface area (Å²) in [4.78, 5) is 2.31. The van der Waals surface area contributed by atoms with Crippen LogP contribution in [0.3, 0.4) is 0 Å². The number of aryl methyl sites for hydroxylation is 2. The molecule has 0 atom stereocenters. The normalized spacial score (nSPS) is 12.0. The van der Waals surface area contributed by atoms with Gasteiger partial charge in [0, 0.05) is 16.3 Å². The van der Waals surface area contributed by atoms with E-state index in [1.165, 1.54) is 4.68 Å². The first-order valence-electron chi connectivity index (χ1n) is 6.55. The van der Waals surface area contributed by atoms with E-state index < -0.39 is 10.0 Å². The van der Waals surface area contributed by atoms with E-state index in [0.29, 0.717) is 11.4 Å². The Morgan fingerprint density at radius 2 is 2.05 bits per heavy atom. The molecule has 0 amide bonds. The number of thiophene rings is 1. The molecule has 2 heterocycles. The number of nitrogens with zero attached hydrogens (tertiary/aromatic N) is 2. The fourth-order valence-electron chi connectivity index (χ4n) is 2.20. The number of rotatable bonds is 6. The summed E-state index contributed by atoms with van der Waals surface area (Å²) in [5, 5.41) is 13.1. The van der Waals surface area contributed by atoms with E-state index >= 15 is 0 Å². The van der Waals surface area contributed by atoms with Gasteiger partial charge in [0.15, 0.2) is 0 Å². The molecule has 21 heavy (non-hydrogen) atoms. The van der Waals surface area contributed by atoms with E-state index in [-0.39, 0.29) is 24.6 Å². The average molecular weight is 329 g/mol. The van der Waals surface area contributed by atoms with Gasteiger partial charge in [-0.1, -0.05) is 0 Å². The molecule has 6 nitrogen and oxygen atoms in total. The molecular weight excluding hydrogens is 310 g/mol. The summed E-state index contributed by atoms with van der Waals surface area (Å²) in [6, 6.07) is 3.88. The van der Waals surface area contributed by atoms with Crippen molar-refractivity contribution >= 4 is 21.4 Å². The highest BCUT2D eigenvalue weighted by molar-refractivity contribution is 7.89. The van der Waals surface area contributed by atoms with Gasteiger partial charge in [-0.05, 0) is 32.9 Å². The van der Waals surface area contributed by atoms with E-state index in [2.05, 4.69) is 9.82 Å². The van der Waals surface area contributed by atoms with Gasteiger partial charge < -0.3 is 5.11 Å². The fraction of sp³-hybridized carbons (Fsp3) is 0.462. The van der Waals surface area contributed by atoms with Gasteiger partial charge in [0.05, 0.1) is 24.5 Å². The maximum Gasteiger partial charge on any atom is 0.244 e. The summed E-state index contributed by atoms with van der Waals surface area (Å²) in [5.41, 5.74) is 0.979. The molecule has 0 bridgehead atoms. The van der Waals surface area contributed by atoms with Gasteiger partial charge in [0.25, 0.3) is 0 Å². The largest absolute Gasteiger partial charge is 0.394 e. The highest BCUT2D eigenvalue weighted by Crippen LogP contribution is 2.20. The van der Waals surface area contributed by atoms with Gasteiger partial charge in [0.2, 0.25) is 10.0 Å². The van der Waals surface area contributed by atoms with Crippen molar-refractivity contribution in [2.45, 2.75) is 38.8 Å². The maximum absolute atomic E-state index is 12.4. The molecule has 0 radical (unpaired) electrons. The number of aromatic nitrogens is 2. The molecule has 0 aliphatic heterocycles. The van der Waals surface area contributed by atoms with Crippen LogP contribution in [0.15, 0.2) is 17.0 Å². The molecule has 2 aromatic heterocycles. The third kappa shape index (κ3) is 3.52. The Kier molecular flexibility index (Phi) is 4.82. The zero-order chi connectivity index (χ0) is 15.6. The number of hydrogen-bond acceptors (Lipinski definition) is 5. The molecule has 2 rings (SSSR count). The first-order chi connectivity index (χ1) is 9.85. The topological polar surface area (TPSA) is 84.2 Å². The van der Waals surface area contributed by atoms with Crippen LogP contribution in [0.1, 0.15) is 21.1 Å². The van der Waals surface area contributed by atoms with Crippen molar-refractivity contribution in [3.05, 3.63) is 33.3 Å². The first-order valence-corrected chi connectivity index (χ1v) is 8.85. The minimum Gasteiger partial charge on any atom is -0.394 e. The molecule has 0 fully saturated rings. The molecule has 8 heteroatoms. The second-order valence-electron chi connectivity index (χ2n) is 4.78. The van der Waals surface area contributed by atoms with Crippen molar-refractivity contribution in [2.75, 3.05) is 6.61 Å². The van der Waals surface area contributed by atoms with Gasteiger partial charge in [-0.15, -0.1) is 11.3 Å². The summed E-state index contributed by atoms with van der Waals surface area (Å²) < 4.78 is 29.0.